The first kappa shape index (κ1) is 14.5. The molecular formula is C17H28N2. The zero-order valence-corrected chi connectivity index (χ0v) is 12.7. The van der Waals surface area contributed by atoms with Gasteiger partial charge in [0.25, 0.3) is 0 Å². The molecule has 0 aliphatic carbocycles. The van der Waals surface area contributed by atoms with E-state index in [9.17, 15) is 0 Å². The molecule has 2 rings (SSSR count). The molecule has 1 aromatic carbocycles. The minimum atomic E-state index is 0.675. The quantitative estimate of drug-likeness (QED) is 0.876. The summed E-state index contributed by atoms with van der Waals surface area (Å²) in [6.07, 6.45) is 3.76. The predicted molar refractivity (Wildman–Crippen MR) is 82.6 cm³/mol. The van der Waals surface area contributed by atoms with Crippen LogP contribution in [0.3, 0.4) is 0 Å². The topological polar surface area (TPSA) is 15.3 Å². The molecule has 1 aliphatic heterocycles. The zero-order chi connectivity index (χ0) is 13.7. The van der Waals surface area contributed by atoms with E-state index in [-0.39, 0.29) is 0 Å². The van der Waals surface area contributed by atoms with Gasteiger partial charge in [0.1, 0.15) is 0 Å². The van der Waals surface area contributed by atoms with Crippen molar-refractivity contribution in [3.8, 4) is 0 Å². The number of aryl methyl sites for hydroxylation is 1. The summed E-state index contributed by atoms with van der Waals surface area (Å²) in [4.78, 5) is 2.48. The van der Waals surface area contributed by atoms with E-state index < -0.39 is 0 Å². The number of piperidine rings is 1. The van der Waals surface area contributed by atoms with Gasteiger partial charge in [-0.3, -0.25) is 0 Å². The molecule has 1 N–H and O–H groups in total. The third-order valence-corrected chi connectivity index (χ3v) is 4.05. The number of benzene rings is 1. The molecule has 2 unspecified atom stereocenters. The van der Waals surface area contributed by atoms with Crippen LogP contribution in [0.25, 0.3) is 0 Å². The molecule has 0 spiro atoms. The Hall–Kier alpha value is -0.860. The summed E-state index contributed by atoms with van der Waals surface area (Å²) in [5.74, 6) is 0.788. The highest BCUT2D eigenvalue weighted by Crippen LogP contribution is 2.20. The number of nitrogens with one attached hydrogen (secondary N) is 1. The van der Waals surface area contributed by atoms with Gasteiger partial charge < -0.3 is 10.2 Å². The van der Waals surface area contributed by atoms with Crippen molar-refractivity contribution in [1.29, 1.82) is 0 Å². The van der Waals surface area contributed by atoms with Crippen molar-refractivity contribution in [3.63, 3.8) is 0 Å². The van der Waals surface area contributed by atoms with Gasteiger partial charge in [0.05, 0.1) is 0 Å². The van der Waals surface area contributed by atoms with E-state index >= 15 is 0 Å². The van der Waals surface area contributed by atoms with Crippen LogP contribution in [0, 0.1) is 12.8 Å². The lowest BCUT2D eigenvalue weighted by Crippen LogP contribution is -2.48. The Kier molecular flexibility index (Phi) is 5.41. The van der Waals surface area contributed by atoms with Crippen LogP contribution in [0.5, 0.6) is 0 Å². The van der Waals surface area contributed by atoms with E-state index in [1.54, 1.807) is 0 Å². The first-order valence-electron chi connectivity index (χ1n) is 7.65. The molecule has 0 aromatic heterocycles. The van der Waals surface area contributed by atoms with Gasteiger partial charge in [0.15, 0.2) is 0 Å². The largest absolute Gasteiger partial charge is 0.313 e. The fourth-order valence-electron chi connectivity index (χ4n) is 3.14. The summed E-state index contributed by atoms with van der Waals surface area (Å²) in [5, 5.41) is 3.68. The number of likely N-dealkylation sites (N-methyl/N-ethyl adjacent to an activating group) is 1. The lowest BCUT2D eigenvalue weighted by molar-refractivity contribution is 0.169. The van der Waals surface area contributed by atoms with E-state index in [1.807, 2.05) is 0 Å². The third kappa shape index (κ3) is 4.63. The van der Waals surface area contributed by atoms with Gasteiger partial charge in [-0.25, -0.2) is 0 Å². The molecule has 0 amide bonds. The molecule has 106 valence electrons. The van der Waals surface area contributed by atoms with Gasteiger partial charge >= 0.3 is 0 Å². The molecular weight excluding hydrogens is 232 g/mol. The van der Waals surface area contributed by atoms with Gasteiger partial charge in [0, 0.05) is 19.1 Å². The Morgan fingerprint density at radius 3 is 2.63 bits per heavy atom. The van der Waals surface area contributed by atoms with E-state index in [4.69, 9.17) is 0 Å². The molecule has 0 saturated carbocycles. The average molecular weight is 260 g/mol. The average Bonchev–Trinajstić information content (AvgIpc) is 2.38. The van der Waals surface area contributed by atoms with Crippen LogP contribution in [0.4, 0.5) is 0 Å². The van der Waals surface area contributed by atoms with Crippen molar-refractivity contribution in [3.05, 3.63) is 35.4 Å². The molecule has 1 aromatic rings. The predicted octanol–water partition coefficient (Wildman–Crippen LogP) is 2.86. The number of nitrogens with zero attached hydrogens (tertiary/aromatic N) is 1. The molecule has 1 fully saturated rings. The first-order valence-corrected chi connectivity index (χ1v) is 7.65. The molecule has 0 bridgehead atoms. The van der Waals surface area contributed by atoms with E-state index in [0.29, 0.717) is 6.04 Å². The second-order valence-electron chi connectivity index (χ2n) is 6.16. The second-order valence-corrected chi connectivity index (χ2v) is 6.16. The van der Waals surface area contributed by atoms with Crippen molar-refractivity contribution < 1.29 is 0 Å². The number of rotatable bonds is 5. The molecule has 1 aliphatic rings. The molecule has 2 atom stereocenters. The summed E-state index contributed by atoms with van der Waals surface area (Å²) in [5.41, 5.74) is 2.84. The van der Waals surface area contributed by atoms with Crippen LogP contribution >= 0.6 is 0 Å². The Balaban J connectivity index is 1.90. The van der Waals surface area contributed by atoms with Gasteiger partial charge in [-0.2, -0.15) is 0 Å². The van der Waals surface area contributed by atoms with E-state index in [2.05, 4.69) is 55.4 Å². The van der Waals surface area contributed by atoms with Gasteiger partial charge in [-0.05, 0) is 51.3 Å². The maximum Gasteiger partial charge on any atom is 0.0198 e. The van der Waals surface area contributed by atoms with Gasteiger partial charge in [-0.1, -0.05) is 36.8 Å². The number of hydrogen-bond acceptors (Lipinski definition) is 2. The fourth-order valence-corrected chi connectivity index (χ4v) is 3.14. The maximum atomic E-state index is 3.68. The lowest BCUT2D eigenvalue weighted by atomic mass is 9.88. The van der Waals surface area contributed by atoms with Crippen LogP contribution in [0.2, 0.25) is 0 Å². The Morgan fingerprint density at radius 1 is 1.21 bits per heavy atom. The molecule has 0 radical (unpaired) electrons. The number of likely N-dealkylation sites (tertiary alicyclic amines) is 1. The first-order chi connectivity index (χ1) is 9.17. The van der Waals surface area contributed by atoms with Gasteiger partial charge in [-0.15, -0.1) is 0 Å². The SMILES string of the molecule is CCCNC1CC(Cc2ccc(C)cc2)CN(C)C1. The summed E-state index contributed by atoms with van der Waals surface area (Å²) in [6, 6.07) is 9.72. The van der Waals surface area contributed by atoms with Crippen molar-refractivity contribution in [2.45, 2.75) is 39.2 Å². The summed E-state index contributed by atoms with van der Waals surface area (Å²) < 4.78 is 0. The Morgan fingerprint density at radius 2 is 1.95 bits per heavy atom. The van der Waals surface area contributed by atoms with Crippen LogP contribution in [-0.2, 0) is 6.42 Å². The van der Waals surface area contributed by atoms with Crippen LogP contribution in [0.15, 0.2) is 24.3 Å². The van der Waals surface area contributed by atoms with Crippen molar-refractivity contribution in [2.24, 2.45) is 5.92 Å². The monoisotopic (exact) mass is 260 g/mol. The highest BCUT2D eigenvalue weighted by atomic mass is 15.1. The summed E-state index contributed by atoms with van der Waals surface area (Å²) in [7, 11) is 2.25. The van der Waals surface area contributed by atoms with Crippen molar-refractivity contribution >= 4 is 0 Å². The minimum absolute atomic E-state index is 0.675. The van der Waals surface area contributed by atoms with Crippen molar-refractivity contribution in [1.82, 2.24) is 10.2 Å². The van der Waals surface area contributed by atoms with Gasteiger partial charge in [0.2, 0.25) is 0 Å². The molecule has 19 heavy (non-hydrogen) atoms. The Labute approximate surface area is 118 Å². The second kappa shape index (κ2) is 7.06. The minimum Gasteiger partial charge on any atom is -0.313 e. The van der Waals surface area contributed by atoms with Crippen LogP contribution < -0.4 is 5.32 Å². The molecule has 1 saturated heterocycles. The maximum absolute atomic E-state index is 3.68. The van der Waals surface area contributed by atoms with E-state index in [0.717, 1.165) is 12.5 Å². The highest BCUT2D eigenvalue weighted by Gasteiger charge is 2.24. The fraction of sp³-hybridized carbons (Fsp3) is 0.647. The third-order valence-electron chi connectivity index (χ3n) is 4.05. The molecule has 1 heterocycles. The van der Waals surface area contributed by atoms with E-state index in [1.165, 1.54) is 43.5 Å². The van der Waals surface area contributed by atoms with Crippen LogP contribution in [-0.4, -0.2) is 37.6 Å². The zero-order valence-electron chi connectivity index (χ0n) is 12.7. The smallest absolute Gasteiger partial charge is 0.0198 e. The number of hydrogen-bond donors (Lipinski definition) is 1. The van der Waals surface area contributed by atoms with Crippen LogP contribution in [0.1, 0.15) is 30.9 Å². The lowest BCUT2D eigenvalue weighted by Gasteiger charge is -2.36. The standard InChI is InChI=1S/C17H28N2/c1-4-9-18-17-11-16(12-19(3)13-17)10-15-7-5-14(2)6-8-15/h5-8,16-18H,4,9-13H2,1-3H3. The summed E-state index contributed by atoms with van der Waals surface area (Å²) in [6.45, 7) is 7.98. The summed E-state index contributed by atoms with van der Waals surface area (Å²) >= 11 is 0. The molecule has 2 heteroatoms. The Bertz CT molecular complexity index is 371. The molecule has 2 nitrogen and oxygen atoms in total. The normalized spacial score (nSPS) is 24.6. The highest BCUT2D eigenvalue weighted by molar-refractivity contribution is 5.21. The van der Waals surface area contributed by atoms with Crippen molar-refractivity contribution in [2.75, 3.05) is 26.7 Å².